The van der Waals surface area contributed by atoms with E-state index in [4.69, 9.17) is 23.2 Å². The largest absolute Gasteiger partial charge is 0.330 e. The number of sulfone groups is 1. The number of carbonyl (C=O) groups excluding carboxylic acids is 1. The fourth-order valence-electron chi connectivity index (χ4n) is 2.76. The monoisotopic (exact) mass is 403 g/mol. The van der Waals surface area contributed by atoms with Crippen molar-refractivity contribution < 1.29 is 13.2 Å². The number of thiophene rings is 1. The zero-order valence-corrected chi connectivity index (χ0v) is 15.8. The van der Waals surface area contributed by atoms with Crippen LogP contribution < -0.4 is 0 Å². The van der Waals surface area contributed by atoms with E-state index in [0.29, 0.717) is 21.3 Å². The quantitative estimate of drug-likeness (QED) is 0.777. The molecule has 0 bridgehead atoms. The van der Waals surface area contributed by atoms with Crippen LogP contribution in [-0.4, -0.2) is 36.8 Å². The Hall–Kier alpha value is -1.08. The molecule has 1 saturated heterocycles. The van der Waals surface area contributed by atoms with Gasteiger partial charge in [-0.05, 0) is 35.6 Å². The Bertz CT molecular complexity index is 850. The third kappa shape index (κ3) is 3.94. The summed E-state index contributed by atoms with van der Waals surface area (Å²) in [5, 5.41) is 2.81. The highest BCUT2D eigenvalue weighted by Gasteiger charge is 2.35. The molecule has 0 spiro atoms. The van der Waals surface area contributed by atoms with Crippen LogP contribution in [-0.2, 0) is 16.4 Å². The molecule has 0 aliphatic carbocycles. The van der Waals surface area contributed by atoms with Gasteiger partial charge in [0, 0.05) is 22.6 Å². The molecule has 1 amide bonds. The maximum absolute atomic E-state index is 12.9. The lowest BCUT2D eigenvalue weighted by molar-refractivity contribution is 0.0686. The molecule has 2 aromatic rings. The molecule has 1 aliphatic rings. The molecule has 1 fully saturated rings. The number of carbonyl (C=O) groups is 1. The zero-order valence-electron chi connectivity index (χ0n) is 12.6. The molecule has 3 rings (SSSR count). The summed E-state index contributed by atoms with van der Waals surface area (Å²) in [6.07, 6.45) is 0.449. The Morgan fingerprint density at radius 3 is 2.67 bits per heavy atom. The number of benzene rings is 1. The van der Waals surface area contributed by atoms with Crippen molar-refractivity contribution in [3.8, 4) is 0 Å². The second kappa shape index (κ2) is 7.04. The first-order chi connectivity index (χ1) is 11.4. The molecule has 2 heterocycles. The minimum absolute atomic E-state index is 0.00464. The Kier molecular flexibility index (Phi) is 5.20. The first-order valence-electron chi connectivity index (χ1n) is 7.34. The van der Waals surface area contributed by atoms with Crippen LogP contribution in [0.3, 0.4) is 0 Å². The van der Waals surface area contributed by atoms with Crippen LogP contribution >= 0.6 is 34.5 Å². The van der Waals surface area contributed by atoms with Crippen LogP contribution in [0.5, 0.6) is 0 Å². The van der Waals surface area contributed by atoms with Crippen molar-refractivity contribution in [2.24, 2.45) is 0 Å². The van der Waals surface area contributed by atoms with E-state index in [1.54, 1.807) is 35.2 Å². The van der Waals surface area contributed by atoms with Gasteiger partial charge in [0.15, 0.2) is 9.84 Å². The summed E-state index contributed by atoms with van der Waals surface area (Å²) in [7, 11) is -3.10. The van der Waals surface area contributed by atoms with E-state index in [0.717, 1.165) is 5.56 Å². The van der Waals surface area contributed by atoms with Gasteiger partial charge in [-0.25, -0.2) is 8.42 Å². The van der Waals surface area contributed by atoms with Crippen molar-refractivity contribution in [3.63, 3.8) is 0 Å². The van der Waals surface area contributed by atoms with Gasteiger partial charge < -0.3 is 4.90 Å². The second-order valence-corrected chi connectivity index (χ2v) is 9.72. The fraction of sp³-hybridized carbons (Fsp3) is 0.312. The van der Waals surface area contributed by atoms with E-state index in [1.807, 2.05) is 5.38 Å². The lowest BCUT2D eigenvalue weighted by Gasteiger charge is -2.28. The van der Waals surface area contributed by atoms with Crippen LogP contribution in [0.2, 0.25) is 10.0 Å². The normalized spacial score (nSPS) is 19.3. The third-order valence-electron chi connectivity index (χ3n) is 4.00. The molecule has 8 heteroatoms. The van der Waals surface area contributed by atoms with Crippen molar-refractivity contribution >= 4 is 50.3 Å². The average molecular weight is 404 g/mol. The van der Waals surface area contributed by atoms with Crippen LogP contribution in [0, 0.1) is 0 Å². The molecular formula is C16H15Cl2NO3S2. The summed E-state index contributed by atoms with van der Waals surface area (Å²) >= 11 is 13.5. The summed E-state index contributed by atoms with van der Waals surface area (Å²) < 4.78 is 23.7. The summed E-state index contributed by atoms with van der Waals surface area (Å²) in [5.41, 5.74) is 0.746. The summed E-state index contributed by atoms with van der Waals surface area (Å²) in [4.78, 5) is 15.1. The molecule has 0 radical (unpaired) electrons. The van der Waals surface area contributed by atoms with Gasteiger partial charge in [0.25, 0.3) is 5.91 Å². The summed E-state index contributed by atoms with van der Waals surface area (Å²) in [6.45, 7) is 0.257. The highest BCUT2D eigenvalue weighted by molar-refractivity contribution is 7.91. The summed E-state index contributed by atoms with van der Waals surface area (Å²) in [5.74, 6) is -0.0617. The fourth-order valence-corrected chi connectivity index (χ4v) is 5.64. The lowest BCUT2D eigenvalue weighted by Crippen LogP contribution is -2.40. The van der Waals surface area contributed by atoms with E-state index in [1.165, 1.54) is 11.3 Å². The maximum atomic E-state index is 12.9. The molecule has 128 valence electrons. The minimum Gasteiger partial charge on any atom is -0.330 e. The highest BCUT2D eigenvalue weighted by Crippen LogP contribution is 2.27. The molecule has 1 atom stereocenters. The standard InChI is InChI=1S/C16H15Cl2NO3S2/c17-12-4-3-11(14(18)8-12)9-19(13-5-7-24(21,22)10-13)16(20)15-2-1-6-23-15/h1-4,6,8,13H,5,7,9-10H2. The number of rotatable bonds is 4. The van der Waals surface area contributed by atoms with E-state index < -0.39 is 9.84 Å². The van der Waals surface area contributed by atoms with Crippen LogP contribution in [0.25, 0.3) is 0 Å². The first-order valence-corrected chi connectivity index (χ1v) is 10.8. The predicted molar refractivity (Wildman–Crippen MR) is 97.7 cm³/mol. The van der Waals surface area contributed by atoms with Gasteiger partial charge in [-0.3, -0.25) is 4.79 Å². The van der Waals surface area contributed by atoms with Gasteiger partial charge in [-0.1, -0.05) is 35.3 Å². The first kappa shape index (κ1) is 17.7. The van der Waals surface area contributed by atoms with Gasteiger partial charge in [0.05, 0.1) is 16.4 Å². The number of hydrogen-bond donors (Lipinski definition) is 0. The van der Waals surface area contributed by atoms with Gasteiger partial charge in [-0.15, -0.1) is 11.3 Å². The van der Waals surface area contributed by atoms with Crippen LogP contribution in [0.15, 0.2) is 35.7 Å². The van der Waals surface area contributed by atoms with Gasteiger partial charge in [-0.2, -0.15) is 0 Å². The van der Waals surface area contributed by atoms with Crippen LogP contribution in [0.4, 0.5) is 0 Å². The molecule has 1 aromatic carbocycles. The highest BCUT2D eigenvalue weighted by atomic mass is 35.5. The minimum atomic E-state index is -3.10. The number of amides is 1. The number of nitrogens with zero attached hydrogens (tertiary/aromatic N) is 1. The molecule has 4 nitrogen and oxygen atoms in total. The zero-order chi connectivity index (χ0) is 17.3. The van der Waals surface area contributed by atoms with Crippen molar-refractivity contribution in [2.45, 2.75) is 19.0 Å². The lowest BCUT2D eigenvalue weighted by atomic mass is 10.1. The van der Waals surface area contributed by atoms with Gasteiger partial charge in [0.2, 0.25) is 0 Å². The maximum Gasteiger partial charge on any atom is 0.264 e. The average Bonchev–Trinajstić information content (AvgIpc) is 3.15. The van der Waals surface area contributed by atoms with Crippen molar-refractivity contribution in [1.82, 2.24) is 4.90 Å². The van der Waals surface area contributed by atoms with Crippen molar-refractivity contribution in [2.75, 3.05) is 11.5 Å². The Morgan fingerprint density at radius 1 is 1.29 bits per heavy atom. The van der Waals surface area contributed by atoms with Gasteiger partial charge in [0.1, 0.15) is 0 Å². The molecule has 1 aliphatic heterocycles. The molecular weight excluding hydrogens is 389 g/mol. The van der Waals surface area contributed by atoms with E-state index >= 15 is 0 Å². The van der Waals surface area contributed by atoms with Gasteiger partial charge >= 0.3 is 0 Å². The Labute approximate surface area is 154 Å². The van der Waals surface area contributed by atoms with E-state index in [2.05, 4.69) is 0 Å². The molecule has 1 unspecified atom stereocenters. The van der Waals surface area contributed by atoms with Crippen molar-refractivity contribution in [1.29, 1.82) is 0 Å². The molecule has 24 heavy (non-hydrogen) atoms. The van der Waals surface area contributed by atoms with Crippen molar-refractivity contribution in [3.05, 3.63) is 56.2 Å². The molecule has 1 aromatic heterocycles. The van der Waals surface area contributed by atoms with E-state index in [9.17, 15) is 13.2 Å². The molecule has 0 saturated carbocycles. The number of hydrogen-bond acceptors (Lipinski definition) is 4. The topological polar surface area (TPSA) is 54.5 Å². The smallest absolute Gasteiger partial charge is 0.264 e. The van der Waals surface area contributed by atoms with E-state index in [-0.39, 0.29) is 30.0 Å². The number of halogens is 2. The summed E-state index contributed by atoms with van der Waals surface area (Å²) in [6, 6.07) is 8.31. The molecule has 0 N–H and O–H groups in total. The Morgan fingerprint density at radius 2 is 2.08 bits per heavy atom. The third-order valence-corrected chi connectivity index (χ3v) is 7.19. The SMILES string of the molecule is O=C(c1cccs1)N(Cc1ccc(Cl)cc1Cl)C1CCS(=O)(=O)C1. The predicted octanol–water partition coefficient (Wildman–Crippen LogP) is 3.88. The Balaban J connectivity index is 1.91. The second-order valence-electron chi connectivity index (χ2n) is 5.70. The van der Waals surface area contributed by atoms with Crippen LogP contribution in [0.1, 0.15) is 21.7 Å².